The van der Waals surface area contributed by atoms with Crippen LogP contribution in [-0.2, 0) is 9.59 Å². The van der Waals surface area contributed by atoms with Crippen molar-refractivity contribution in [2.45, 2.75) is 38.8 Å². The summed E-state index contributed by atoms with van der Waals surface area (Å²) >= 11 is 0. The number of hydrogen-bond donors (Lipinski definition) is 1. The number of carbonyl (C=O) groups is 2. The molecule has 1 heterocycles. The molecule has 126 valence electrons. The van der Waals surface area contributed by atoms with E-state index < -0.39 is 12.0 Å². The largest absolute Gasteiger partial charge is 0.480 e. The molecule has 23 heavy (non-hydrogen) atoms. The van der Waals surface area contributed by atoms with Crippen LogP contribution in [0.2, 0.25) is 0 Å². The second-order valence-electron chi connectivity index (χ2n) is 5.87. The van der Waals surface area contributed by atoms with Crippen LogP contribution < -0.4 is 0 Å². The van der Waals surface area contributed by atoms with E-state index in [4.69, 9.17) is 0 Å². The molecule has 0 spiro atoms. The van der Waals surface area contributed by atoms with E-state index in [9.17, 15) is 19.1 Å². The number of rotatable bonds is 6. The minimum absolute atomic E-state index is 0.0996. The minimum Gasteiger partial charge on any atom is -0.480 e. The molecule has 1 aliphatic rings. The standard InChI is InChI=1S/C17H23FN2O3/c1-3-20(12(2)13-6-8-14(18)9-7-13)16(21)11-19-10-4-5-15(19)17(22)23/h6-9,12,15H,3-5,10-11H2,1-2H3,(H,22,23)/t12-,15+/m1/s1. The van der Waals surface area contributed by atoms with E-state index in [1.54, 1.807) is 21.9 Å². The molecule has 2 atom stereocenters. The summed E-state index contributed by atoms with van der Waals surface area (Å²) in [4.78, 5) is 27.2. The third-order valence-electron chi connectivity index (χ3n) is 4.47. The van der Waals surface area contributed by atoms with E-state index in [-0.39, 0.29) is 24.3 Å². The topological polar surface area (TPSA) is 60.9 Å². The van der Waals surface area contributed by atoms with Crippen molar-refractivity contribution in [3.05, 3.63) is 35.6 Å². The van der Waals surface area contributed by atoms with Gasteiger partial charge >= 0.3 is 5.97 Å². The normalized spacial score (nSPS) is 19.5. The lowest BCUT2D eigenvalue weighted by Crippen LogP contribution is -2.45. The zero-order valence-electron chi connectivity index (χ0n) is 13.5. The van der Waals surface area contributed by atoms with Crippen LogP contribution in [0.25, 0.3) is 0 Å². The number of likely N-dealkylation sites (tertiary alicyclic amines) is 1. The predicted molar refractivity (Wildman–Crippen MR) is 84.4 cm³/mol. The highest BCUT2D eigenvalue weighted by atomic mass is 19.1. The van der Waals surface area contributed by atoms with Gasteiger partial charge in [0.1, 0.15) is 11.9 Å². The van der Waals surface area contributed by atoms with Gasteiger partial charge in [0, 0.05) is 6.54 Å². The Kier molecular flexibility index (Phi) is 5.71. The van der Waals surface area contributed by atoms with Gasteiger partial charge in [-0.3, -0.25) is 14.5 Å². The van der Waals surface area contributed by atoms with Crippen molar-refractivity contribution in [2.24, 2.45) is 0 Å². The maximum atomic E-state index is 13.0. The van der Waals surface area contributed by atoms with Crippen LogP contribution in [0, 0.1) is 5.82 Å². The Morgan fingerprint density at radius 2 is 2.04 bits per heavy atom. The molecule has 0 aliphatic carbocycles. The van der Waals surface area contributed by atoms with Gasteiger partial charge in [-0.25, -0.2) is 4.39 Å². The number of carbonyl (C=O) groups excluding carboxylic acids is 1. The fourth-order valence-electron chi connectivity index (χ4n) is 3.15. The fourth-order valence-corrected chi connectivity index (χ4v) is 3.15. The summed E-state index contributed by atoms with van der Waals surface area (Å²) < 4.78 is 13.0. The molecule has 2 rings (SSSR count). The Morgan fingerprint density at radius 1 is 1.39 bits per heavy atom. The SMILES string of the molecule is CCN(C(=O)CN1CCC[C@H]1C(=O)O)[C@H](C)c1ccc(F)cc1. The molecule has 0 saturated carbocycles. The lowest BCUT2D eigenvalue weighted by atomic mass is 10.1. The average molecular weight is 322 g/mol. The maximum Gasteiger partial charge on any atom is 0.320 e. The molecular formula is C17H23FN2O3. The molecule has 0 bridgehead atoms. The molecule has 1 saturated heterocycles. The summed E-state index contributed by atoms with van der Waals surface area (Å²) in [5.41, 5.74) is 0.859. The first-order valence-corrected chi connectivity index (χ1v) is 7.95. The van der Waals surface area contributed by atoms with Gasteiger partial charge in [-0.05, 0) is 50.9 Å². The van der Waals surface area contributed by atoms with Crippen molar-refractivity contribution in [2.75, 3.05) is 19.6 Å². The molecule has 0 unspecified atom stereocenters. The van der Waals surface area contributed by atoms with E-state index in [0.717, 1.165) is 12.0 Å². The number of benzene rings is 1. The number of nitrogens with zero attached hydrogens (tertiary/aromatic N) is 2. The van der Waals surface area contributed by atoms with Gasteiger partial charge < -0.3 is 10.0 Å². The molecule has 6 heteroatoms. The zero-order valence-corrected chi connectivity index (χ0v) is 13.5. The van der Waals surface area contributed by atoms with Crippen LogP contribution in [0.3, 0.4) is 0 Å². The van der Waals surface area contributed by atoms with Crippen molar-refractivity contribution in [1.82, 2.24) is 9.80 Å². The van der Waals surface area contributed by atoms with Crippen molar-refractivity contribution < 1.29 is 19.1 Å². The summed E-state index contributed by atoms with van der Waals surface area (Å²) in [5.74, 6) is -1.28. The van der Waals surface area contributed by atoms with E-state index in [1.165, 1.54) is 12.1 Å². The number of carboxylic acid groups (broad SMARTS) is 1. The number of carboxylic acids is 1. The molecule has 1 amide bonds. The van der Waals surface area contributed by atoms with Gasteiger partial charge in [0.05, 0.1) is 12.6 Å². The Morgan fingerprint density at radius 3 is 2.61 bits per heavy atom. The molecule has 1 aromatic carbocycles. The first kappa shape index (κ1) is 17.4. The predicted octanol–water partition coefficient (Wildman–Crippen LogP) is 2.28. The highest BCUT2D eigenvalue weighted by molar-refractivity contribution is 5.80. The van der Waals surface area contributed by atoms with E-state index in [2.05, 4.69) is 0 Å². The van der Waals surface area contributed by atoms with Crippen LogP contribution in [0.15, 0.2) is 24.3 Å². The van der Waals surface area contributed by atoms with Crippen LogP contribution in [0.4, 0.5) is 4.39 Å². The minimum atomic E-state index is -0.870. The van der Waals surface area contributed by atoms with Crippen LogP contribution in [0.5, 0.6) is 0 Å². The number of halogens is 1. The van der Waals surface area contributed by atoms with Gasteiger partial charge in [-0.2, -0.15) is 0 Å². The maximum absolute atomic E-state index is 13.0. The lowest BCUT2D eigenvalue weighted by molar-refractivity contribution is -0.143. The summed E-state index contributed by atoms with van der Waals surface area (Å²) in [5, 5.41) is 9.20. The lowest BCUT2D eigenvalue weighted by Gasteiger charge is -2.31. The highest BCUT2D eigenvalue weighted by Gasteiger charge is 2.33. The molecule has 0 aromatic heterocycles. The Hall–Kier alpha value is -1.95. The van der Waals surface area contributed by atoms with Crippen LogP contribution in [-0.4, -0.2) is 52.5 Å². The van der Waals surface area contributed by atoms with Gasteiger partial charge in [0.2, 0.25) is 5.91 Å². The van der Waals surface area contributed by atoms with E-state index >= 15 is 0 Å². The Bertz CT molecular complexity index is 561. The van der Waals surface area contributed by atoms with Crippen molar-refractivity contribution >= 4 is 11.9 Å². The second-order valence-corrected chi connectivity index (χ2v) is 5.87. The third kappa shape index (κ3) is 4.07. The van der Waals surface area contributed by atoms with Crippen molar-refractivity contribution in [3.63, 3.8) is 0 Å². The third-order valence-corrected chi connectivity index (χ3v) is 4.47. The second kappa shape index (κ2) is 7.55. The number of aliphatic carboxylic acids is 1. The monoisotopic (exact) mass is 322 g/mol. The number of amides is 1. The summed E-state index contributed by atoms with van der Waals surface area (Å²) in [7, 11) is 0. The number of hydrogen-bond acceptors (Lipinski definition) is 3. The fraction of sp³-hybridized carbons (Fsp3) is 0.529. The molecule has 0 radical (unpaired) electrons. The average Bonchev–Trinajstić information content (AvgIpc) is 2.96. The summed E-state index contributed by atoms with van der Waals surface area (Å²) in [6.07, 6.45) is 1.38. The Balaban J connectivity index is 2.06. The smallest absolute Gasteiger partial charge is 0.320 e. The van der Waals surface area contributed by atoms with Gasteiger partial charge in [0.15, 0.2) is 0 Å². The molecular weight excluding hydrogens is 299 g/mol. The quantitative estimate of drug-likeness (QED) is 0.873. The van der Waals surface area contributed by atoms with E-state index in [0.29, 0.717) is 19.5 Å². The Labute approximate surface area is 135 Å². The van der Waals surface area contributed by atoms with Gasteiger partial charge in [-0.1, -0.05) is 12.1 Å². The molecule has 5 nitrogen and oxygen atoms in total. The highest BCUT2D eigenvalue weighted by Crippen LogP contribution is 2.22. The summed E-state index contributed by atoms with van der Waals surface area (Å²) in [6.45, 7) is 5.04. The van der Waals surface area contributed by atoms with Gasteiger partial charge in [-0.15, -0.1) is 0 Å². The molecule has 1 N–H and O–H groups in total. The first-order valence-electron chi connectivity index (χ1n) is 7.95. The zero-order chi connectivity index (χ0) is 17.0. The molecule has 1 fully saturated rings. The number of likely N-dealkylation sites (N-methyl/N-ethyl adjacent to an activating group) is 1. The van der Waals surface area contributed by atoms with Crippen LogP contribution >= 0.6 is 0 Å². The molecule has 1 aliphatic heterocycles. The molecule has 1 aromatic rings. The van der Waals surface area contributed by atoms with Crippen LogP contribution in [0.1, 0.15) is 38.3 Å². The summed E-state index contributed by atoms with van der Waals surface area (Å²) in [6, 6.07) is 5.35. The van der Waals surface area contributed by atoms with Gasteiger partial charge in [0.25, 0.3) is 0 Å². The van der Waals surface area contributed by atoms with Crippen molar-refractivity contribution in [1.29, 1.82) is 0 Å². The first-order chi connectivity index (χ1) is 10.9. The van der Waals surface area contributed by atoms with Crippen molar-refractivity contribution in [3.8, 4) is 0 Å². The van der Waals surface area contributed by atoms with E-state index in [1.807, 2.05) is 13.8 Å².